The molecule has 7 heteroatoms. The van der Waals surface area contributed by atoms with Crippen LogP contribution in [0.25, 0.3) is 0 Å². The minimum atomic E-state index is -3.52. The molecule has 3 rings (SSSR count). The zero-order valence-electron chi connectivity index (χ0n) is 13.2. The van der Waals surface area contributed by atoms with Crippen molar-refractivity contribution in [3.63, 3.8) is 0 Å². The third-order valence-electron chi connectivity index (χ3n) is 4.01. The second kappa shape index (κ2) is 6.25. The number of sulfonamides is 1. The molecule has 1 aliphatic rings. The number of nitrogens with zero attached hydrogens (tertiary/aromatic N) is 3. The van der Waals surface area contributed by atoms with Crippen LogP contribution in [0.5, 0.6) is 0 Å². The van der Waals surface area contributed by atoms with E-state index in [2.05, 4.69) is 15.3 Å². The van der Waals surface area contributed by atoms with Crippen LogP contribution in [0.4, 0.5) is 5.82 Å². The SMILES string of the molecule is CNc1cc([C@H]2CCCN2S(=O)(=O)c2ccccc2)nc(C)n1. The number of anilines is 1. The van der Waals surface area contributed by atoms with E-state index >= 15 is 0 Å². The van der Waals surface area contributed by atoms with Crippen LogP contribution in [0, 0.1) is 6.92 Å². The maximum absolute atomic E-state index is 12.9. The summed E-state index contributed by atoms with van der Waals surface area (Å²) < 4.78 is 27.4. The first-order valence-corrected chi connectivity index (χ1v) is 9.06. The molecule has 2 aromatic rings. The Morgan fingerprint density at radius 1 is 1.22 bits per heavy atom. The number of nitrogens with one attached hydrogen (secondary N) is 1. The molecule has 1 aromatic carbocycles. The first-order valence-electron chi connectivity index (χ1n) is 7.62. The fourth-order valence-corrected chi connectivity index (χ4v) is 4.63. The number of benzene rings is 1. The van der Waals surface area contributed by atoms with E-state index in [0.29, 0.717) is 23.1 Å². The standard InChI is InChI=1S/C16H20N4O2S/c1-12-18-14(11-16(17-2)19-12)15-9-6-10-20(15)23(21,22)13-7-4-3-5-8-13/h3-5,7-8,11,15H,6,9-10H2,1-2H3,(H,17,18,19)/t15-/m1/s1. The van der Waals surface area contributed by atoms with Crippen LogP contribution >= 0.6 is 0 Å². The van der Waals surface area contributed by atoms with Crippen molar-refractivity contribution >= 4 is 15.8 Å². The normalized spacial score (nSPS) is 19.0. The summed E-state index contributed by atoms with van der Waals surface area (Å²) in [5, 5.41) is 3.00. The third-order valence-corrected chi connectivity index (χ3v) is 5.93. The summed E-state index contributed by atoms with van der Waals surface area (Å²) in [4.78, 5) is 9.07. The highest BCUT2D eigenvalue weighted by Gasteiger charge is 2.37. The van der Waals surface area contributed by atoms with E-state index < -0.39 is 10.0 Å². The molecule has 0 unspecified atom stereocenters. The van der Waals surface area contributed by atoms with Crippen molar-refractivity contribution in [2.45, 2.75) is 30.7 Å². The van der Waals surface area contributed by atoms with Crippen LogP contribution in [0.15, 0.2) is 41.3 Å². The molecule has 0 amide bonds. The lowest BCUT2D eigenvalue weighted by molar-refractivity contribution is 0.389. The van der Waals surface area contributed by atoms with Crippen LogP contribution in [0.2, 0.25) is 0 Å². The fraction of sp³-hybridized carbons (Fsp3) is 0.375. The Balaban J connectivity index is 1.99. The molecule has 1 N–H and O–H groups in total. The van der Waals surface area contributed by atoms with Gasteiger partial charge in [-0.05, 0) is 31.9 Å². The molecule has 0 aliphatic carbocycles. The molecule has 0 bridgehead atoms. The Hall–Kier alpha value is -1.99. The molecule has 1 aromatic heterocycles. The van der Waals surface area contributed by atoms with Crippen molar-refractivity contribution < 1.29 is 8.42 Å². The average Bonchev–Trinajstić information content (AvgIpc) is 3.05. The molecule has 2 heterocycles. The van der Waals surface area contributed by atoms with Crippen LogP contribution < -0.4 is 5.32 Å². The minimum absolute atomic E-state index is 0.242. The maximum Gasteiger partial charge on any atom is 0.243 e. The molecule has 0 spiro atoms. The van der Waals surface area contributed by atoms with Gasteiger partial charge in [-0.1, -0.05) is 18.2 Å². The Morgan fingerprint density at radius 2 is 1.96 bits per heavy atom. The summed E-state index contributed by atoms with van der Waals surface area (Å²) in [6.07, 6.45) is 1.60. The summed E-state index contributed by atoms with van der Waals surface area (Å²) in [6.45, 7) is 2.33. The third kappa shape index (κ3) is 3.07. The molecular weight excluding hydrogens is 312 g/mol. The quantitative estimate of drug-likeness (QED) is 0.930. The highest BCUT2D eigenvalue weighted by Crippen LogP contribution is 2.36. The van der Waals surface area contributed by atoms with Gasteiger partial charge < -0.3 is 5.32 Å². The second-order valence-electron chi connectivity index (χ2n) is 5.56. The first kappa shape index (κ1) is 15.9. The smallest absolute Gasteiger partial charge is 0.243 e. The molecule has 6 nitrogen and oxygen atoms in total. The Labute approximate surface area is 136 Å². The van der Waals surface area contributed by atoms with E-state index in [-0.39, 0.29) is 6.04 Å². The molecule has 1 saturated heterocycles. The van der Waals surface area contributed by atoms with Crippen molar-refractivity contribution in [3.05, 3.63) is 47.9 Å². The van der Waals surface area contributed by atoms with E-state index in [1.54, 1.807) is 35.6 Å². The molecule has 122 valence electrons. The van der Waals surface area contributed by atoms with Crippen molar-refractivity contribution in [3.8, 4) is 0 Å². The lowest BCUT2D eigenvalue weighted by atomic mass is 10.1. The van der Waals surface area contributed by atoms with Crippen LogP contribution in [0.3, 0.4) is 0 Å². The number of aromatic nitrogens is 2. The molecule has 1 fully saturated rings. The van der Waals surface area contributed by atoms with Crippen molar-refractivity contribution in [2.75, 3.05) is 18.9 Å². The van der Waals surface area contributed by atoms with Gasteiger partial charge in [-0.3, -0.25) is 0 Å². The molecular formula is C16H20N4O2S. The number of hydrogen-bond acceptors (Lipinski definition) is 5. The number of rotatable bonds is 4. The predicted octanol–water partition coefficient (Wildman–Crippen LogP) is 2.35. The van der Waals surface area contributed by atoms with Gasteiger partial charge in [0, 0.05) is 19.7 Å². The second-order valence-corrected chi connectivity index (χ2v) is 7.45. The summed E-state index contributed by atoms with van der Waals surface area (Å²) in [6, 6.07) is 10.2. The van der Waals surface area contributed by atoms with E-state index in [1.165, 1.54) is 0 Å². The minimum Gasteiger partial charge on any atom is -0.373 e. The highest BCUT2D eigenvalue weighted by atomic mass is 32.2. The van der Waals surface area contributed by atoms with E-state index in [0.717, 1.165) is 18.5 Å². The molecule has 23 heavy (non-hydrogen) atoms. The lowest BCUT2D eigenvalue weighted by Crippen LogP contribution is -2.31. The molecule has 1 atom stereocenters. The molecule has 1 aliphatic heterocycles. The largest absolute Gasteiger partial charge is 0.373 e. The van der Waals surface area contributed by atoms with Crippen LogP contribution in [-0.4, -0.2) is 36.3 Å². The Kier molecular flexibility index (Phi) is 4.32. The Morgan fingerprint density at radius 3 is 2.65 bits per heavy atom. The maximum atomic E-state index is 12.9. The molecule has 0 saturated carbocycles. The van der Waals surface area contributed by atoms with Crippen molar-refractivity contribution in [1.82, 2.24) is 14.3 Å². The van der Waals surface area contributed by atoms with Crippen LogP contribution in [-0.2, 0) is 10.0 Å². The van der Waals surface area contributed by atoms with Gasteiger partial charge in [0.1, 0.15) is 11.6 Å². The van der Waals surface area contributed by atoms with Crippen LogP contribution in [0.1, 0.15) is 30.4 Å². The summed E-state index contributed by atoms with van der Waals surface area (Å²) in [5.74, 6) is 1.34. The highest BCUT2D eigenvalue weighted by molar-refractivity contribution is 7.89. The van der Waals surface area contributed by atoms with Gasteiger partial charge in [-0.2, -0.15) is 4.31 Å². The average molecular weight is 332 g/mol. The van der Waals surface area contributed by atoms with Gasteiger partial charge in [0.25, 0.3) is 0 Å². The monoisotopic (exact) mass is 332 g/mol. The molecule has 0 radical (unpaired) electrons. The zero-order chi connectivity index (χ0) is 16.4. The summed E-state index contributed by atoms with van der Waals surface area (Å²) >= 11 is 0. The number of aryl methyl sites for hydroxylation is 1. The lowest BCUT2D eigenvalue weighted by Gasteiger charge is -2.24. The summed E-state index contributed by atoms with van der Waals surface area (Å²) in [7, 11) is -1.73. The van der Waals surface area contributed by atoms with Crippen molar-refractivity contribution in [1.29, 1.82) is 0 Å². The zero-order valence-corrected chi connectivity index (χ0v) is 14.0. The van der Waals surface area contributed by atoms with Gasteiger partial charge in [0.15, 0.2) is 0 Å². The van der Waals surface area contributed by atoms with Gasteiger partial charge in [0.2, 0.25) is 10.0 Å². The van der Waals surface area contributed by atoms with Crippen molar-refractivity contribution in [2.24, 2.45) is 0 Å². The van der Waals surface area contributed by atoms with E-state index in [4.69, 9.17) is 0 Å². The van der Waals surface area contributed by atoms with Gasteiger partial charge >= 0.3 is 0 Å². The van der Waals surface area contributed by atoms with E-state index in [9.17, 15) is 8.42 Å². The summed E-state index contributed by atoms with van der Waals surface area (Å²) in [5.41, 5.74) is 0.749. The number of hydrogen-bond donors (Lipinski definition) is 1. The van der Waals surface area contributed by atoms with Gasteiger partial charge in [0.05, 0.1) is 16.6 Å². The van der Waals surface area contributed by atoms with E-state index in [1.807, 2.05) is 19.1 Å². The topological polar surface area (TPSA) is 75.2 Å². The fourth-order valence-electron chi connectivity index (χ4n) is 2.94. The predicted molar refractivity (Wildman–Crippen MR) is 88.6 cm³/mol. The van der Waals surface area contributed by atoms with Gasteiger partial charge in [-0.15, -0.1) is 0 Å². The first-order chi connectivity index (χ1) is 11.0. The Bertz CT molecular complexity index is 793. The van der Waals surface area contributed by atoms with Gasteiger partial charge in [-0.25, -0.2) is 18.4 Å².